The topological polar surface area (TPSA) is 12.0 Å². The predicted octanol–water partition coefficient (Wildman–Crippen LogP) is 4.55. The van der Waals surface area contributed by atoms with E-state index in [-0.39, 0.29) is 0 Å². The molecular formula is C21H25N. The van der Waals surface area contributed by atoms with Gasteiger partial charge in [0.25, 0.3) is 0 Å². The number of hydrogen-bond donors (Lipinski definition) is 1. The van der Waals surface area contributed by atoms with Crippen LogP contribution in [0.2, 0.25) is 0 Å². The molecule has 3 unspecified atom stereocenters. The summed E-state index contributed by atoms with van der Waals surface area (Å²) in [6.07, 6.45) is 6.48. The summed E-state index contributed by atoms with van der Waals surface area (Å²) < 4.78 is 0. The van der Waals surface area contributed by atoms with Crippen molar-refractivity contribution in [2.45, 2.75) is 43.6 Å². The van der Waals surface area contributed by atoms with Gasteiger partial charge in [-0.1, -0.05) is 60.7 Å². The van der Waals surface area contributed by atoms with Gasteiger partial charge in [-0.15, -0.1) is 0 Å². The summed E-state index contributed by atoms with van der Waals surface area (Å²) in [7, 11) is 0. The molecule has 1 saturated carbocycles. The van der Waals surface area contributed by atoms with E-state index in [0.717, 1.165) is 11.8 Å². The molecule has 1 aliphatic carbocycles. The summed E-state index contributed by atoms with van der Waals surface area (Å²) in [5.41, 5.74) is 3.38. The van der Waals surface area contributed by atoms with Gasteiger partial charge in [-0.3, -0.25) is 0 Å². The first-order valence-corrected chi connectivity index (χ1v) is 8.69. The molecule has 2 aliphatic rings. The van der Waals surface area contributed by atoms with E-state index in [1.807, 2.05) is 0 Å². The first-order valence-electron chi connectivity index (χ1n) is 8.69. The molecule has 2 bridgehead atoms. The van der Waals surface area contributed by atoms with Crippen LogP contribution in [0.5, 0.6) is 0 Å². The molecular weight excluding hydrogens is 266 g/mol. The monoisotopic (exact) mass is 291 g/mol. The van der Waals surface area contributed by atoms with Crippen LogP contribution in [-0.4, -0.2) is 12.1 Å². The molecule has 1 heterocycles. The minimum absolute atomic E-state index is 0.343. The van der Waals surface area contributed by atoms with E-state index in [1.165, 1.54) is 44.2 Å². The third-order valence-corrected chi connectivity index (χ3v) is 5.78. The van der Waals surface area contributed by atoms with Crippen molar-refractivity contribution in [1.29, 1.82) is 0 Å². The second-order valence-corrected chi connectivity index (χ2v) is 7.18. The van der Waals surface area contributed by atoms with Crippen LogP contribution in [0.15, 0.2) is 60.7 Å². The van der Waals surface area contributed by atoms with Crippen molar-refractivity contribution in [3.05, 3.63) is 71.8 Å². The van der Waals surface area contributed by atoms with Crippen LogP contribution in [0.25, 0.3) is 0 Å². The standard InChI is InChI=1S/C21H25N/c1-3-7-17(8-4-1)15-21-13-11-20(18-9-5-2-6-10-18)19(16-21)12-14-22-21/h1-10,19-20,22H,11-16H2. The summed E-state index contributed by atoms with van der Waals surface area (Å²) in [4.78, 5) is 0. The van der Waals surface area contributed by atoms with Crippen LogP contribution >= 0.6 is 0 Å². The van der Waals surface area contributed by atoms with Crippen LogP contribution in [0.4, 0.5) is 0 Å². The summed E-state index contributed by atoms with van der Waals surface area (Å²) >= 11 is 0. The Bertz CT molecular complexity index is 606. The number of hydrogen-bond acceptors (Lipinski definition) is 1. The third-order valence-electron chi connectivity index (χ3n) is 5.78. The van der Waals surface area contributed by atoms with E-state index in [2.05, 4.69) is 66.0 Å². The highest BCUT2D eigenvalue weighted by molar-refractivity contribution is 5.25. The van der Waals surface area contributed by atoms with Gasteiger partial charge in [0.2, 0.25) is 0 Å². The largest absolute Gasteiger partial charge is 0.311 e. The second-order valence-electron chi connectivity index (χ2n) is 7.18. The molecule has 4 rings (SSSR count). The molecule has 1 heteroatoms. The smallest absolute Gasteiger partial charge is 0.0224 e. The highest BCUT2D eigenvalue weighted by Gasteiger charge is 2.43. The summed E-state index contributed by atoms with van der Waals surface area (Å²) in [5, 5.41) is 3.88. The molecule has 0 radical (unpaired) electrons. The van der Waals surface area contributed by atoms with Crippen molar-refractivity contribution in [2.24, 2.45) is 5.92 Å². The van der Waals surface area contributed by atoms with Gasteiger partial charge < -0.3 is 5.32 Å². The van der Waals surface area contributed by atoms with Gasteiger partial charge in [0.05, 0.1) is 0 Å². The minimum atomic E-state index is 0.343. The molecule has 0 spiro atoms. The Kier molecular flexibility index (Phi) is 3.75. The van der Waals surface area contributed by atoms with E-state index in [0.29, 0.717) is 5.54 Å². The fraction of sp³-hybridized carbons (Fsp3) is 0.429. The minimum Gasteiger partial charge on any atom is -0.311 e. The fourth-order valence-electron chi connectivity index (χ4n) is 4.75. The SMILES string of the molecule is c1ccc(CC23CCC(c4ccccc4)C(CCN2)C3)cc1. The maximum absolute atomic E-state index is 3.88. The molecule has 114 valence electrons. The van der Waals surface area contributed by atoms with E-state index in [9.17, 15) is 0 Å². The Morgan fingerprint density at radius 2 is 1.64 bits per heavy atom. The zero-order chi connectivity index (χ0) is 14.8. The molecule has 1 saturated heterocycles. The van der Waals surface area contributed by atoms with Gasteiger partial charge in [0.1, 0.15) is 0 Å². The van der Waals surface area contributed by atoms with Crippen LogP contribution < -0.4 is 5.32 Å². The van der Waals surface area contributed by atoms with Crippen molar-refractivity contribution >= 4 is 0 Å². The van der Waals surface area contributed by atoms with Crippen LogP contribution in [0, 0.1) is 5.92 Å². The summed E-state index contributed by atoms with van der Waals surface area (Å²) in [6.45, 7) is 1.18. The van der Waals surface area contributed by atoms with E-state index in [1.54, 1.807) is 5.56 Å². The molecule has 22 heavy (non-hydrogen) atoms. The number of piperidine rings is 1. The molecule has 3 atom stereocenters. The van der Waals surface area contributed by atoms with Crippen molar-refractivity contribution in [1.82, 2.24) is 5.32 Å². The highest BCUT2D eigenvalue weighted by atomic mass is 15.0. The Balaban J connectivity index is 1.54. The lowest BCUT2D eigenvalue weighted by Crippen LogP contribution is -2.56. The number of fused-ring (bicyclic) bond motifs is 2. The Labute approximate surface area is 133 Å². The molecule has 2 aromatic carbocycles. The molecule has 2 aromatic rings. The second kappa shape index (κ2) is 5.89. The molecule has 1 aliphatic heterocycles. The van der Waals surface area contributed by atoms with Gasteiger partial charge in [0.15, 0.2) is 0 Å². The van der Waals surface area contributed by atoms with Gasteiger partial charge in [-0.2, -0.15) is 0 Å². The van der Waals surface area contributed by atoms with Crippen LogP contribution in [-0.2, 0) is 6.42 Å². The van der Waals surface area contributed by atoms with Gasteiger partial charge in [0, 0.05) is 5.54 Å². The average molecular weight is 291 g/mol. The lowest BCUT2D eigenvalue weighted by Gasteiger charge is -2.50. The zero-order valence-electron chi connectivity index (χ0n) is 13.2. The van der Waals surface area contributed by atoms with Crippen LogP contribution in [0.3, 0.4) is 0 Å². The Hall–Kier alpha value is -1.60. The first-order chi connectivity index (χ1) is 10.8. The third kappa shape index (κ3) is 2.70. The zero-order valence-corrected chi connectivity index (χ0v) is 13.2. The van der Waals surface area contributed by atoms with Gasteiger partial charge in [-0.05, 0) is 61.6 Å². The normalized spacial score (nSPS) is 30.9. The highest BCUT2D eigenvalue weighted by Crippen LogP contribution is 2.47. The maximum Gasteiger partial charge on any atom is 0.0224 e. The molecule has 1 N–H and O–H groups in total. The maximum atomic E-state index is 3.88. The Morgan fingerprint density at radius 3 is 2.41 bits per heavy atom. The molecule has 0 amide bonds. The Morgan fingerprint density at radius 1 is 0.909 bits per heavy atom. The molecule has 2 fully saturated rings. The predicted molar refractivity (Wildman–Crippen MR) is 92.0 cm³/mol. The summed E-state index contributed by atoms with van der Waals surface area (Å²) in [5.74, 6) is 1.62. The van der Waals surface area contributed by atoms with E-state index in [4.69, 9.17) is 0 Å². The molecule has 1 nitrogen and oxygen atoms in total. The number of rotatable bonds is 3. The fourth-order valence-corrected chi connectivity index (χ4v) is 4.75. The number of benzene rings is 2. The van der Waals surface area contributed by atoms with Crippen molar-refractivity contribution in [3.63, 3.8) is 0 Å². The lowest BCUT2D eigenvalue weighted by molar-refractivity contribution is 0.109. The van der Waals surface area contributed by atoms with Crippen LogP contribution in [0.1, 0.15) is 42.7 Å². The average Bonchev–Trinajstić information content (AvgIpc) is 2.57. The first kappa shape index (κ1) is 14.0. The number of nitrogens with one attached hydrogen (secondary N) is 1. The van der Waals surface area contributed by atoms with E-state index < -0.39 is 0 Å². The van der Waals surface area contributed by atoms with Gasteiger partial charge in [-0.25, -0.2) is 0 Å². The summed E-state index contributed by atoms with van der Waals surface area (Å²) in [6, 6.07) is 22.2. The van der Waals surface area contributed by atoms with Crippen molar-refractivity contribution < 1.29 is 0 Å². The van der Waals surface area contributed by atoms with Crippen molar-refractivity contribution in [2.75, 3.05) is 6.54 Å². The van der Waals surface area contributed by atoms with E-state index >= 15 is 0 Å². The molecule has 0 aromatic heterocycles. The van der Waals surface area contributed by atoms with Crippen molar-refractivity contribution in [3.8, 4) is 0 Å². The lowest BCUT2D eigenvalue weighted by atomic mass is 9.63. The quantitative estimate of drug-likeness (QED) is 0.875. The van der Waals surface area contributed by atoms with Gasteiger partial charge >= 0.3 is 0 Å².